The molecule has 0 heterocycles. The number of carbonyl (C=O) groups is 1. The SMILES string of the molecule is C=C1CC[C@H](NC(=O)C(F)(F)F)c2ccccc21. The fourth-order valence-corrected chi connectivity index (χ4v) is 2.12. The molecule has 0 bridgehead atoms. The molecule has 0 saturated carbocycles. The van der Waals surface area contributed by atoms with E-state index in [9.17, 15) is 18.0 Å². The highest BCUT2D eigenvalue weighted by atomic mass is 19.4. The predicted molar refractivity (Wildman–Crippen MR) is 61.6 cm³/mol. The number of fused-ring (bicyclic) bond motifs is 1. The van der Waals surface area contributed by atoms with Crippen LogP contribution in [0.25, 0.3) is 5.57 Å². The lowest BCUT2D eigenvalue weighted by molar-refractivity contribution is -0.174. The van der Waals surface area contributed by atoms with Crippen molar-refractivity contribution in [1.29, 1.82) is 0 Å². The number of hydrogen-bond donors (Lipinski definition) is 1. The molecule has 0 spiro atoms. The summed E-state index contributed by atoms with van der Waals surface area (Å²) in [5, 5.41) is 2.03. The molecule has 1 aliphatic carbocycles. The molecule has 1 N–H and O–H groups in total. The van der Waals surface area contributed by atoms with Crippen molar-refractivity contribution in [3.8, 4) is 0 Å². The molecule has 18 heavy (non-hydrogen) atoms. The van der Waals surface area contributed by atoms with Crippen LogP contribution in [-0.2, 0) is 4.79 Å². The van der Waals surface area contributed by atoms with Crippen LogP contribution in [0, 0.1) is 0 Å². The second-order valence-electron chi connectivity index (χ2n) is 4.25. The summed E-state index contributed by atoms with van der Waals surface area (Å²) in [6.07, 6.45) is -3.82. The smallest absolute Gasteiger partial charge is 0.341 e. The number of hydrogen-bond acceptors (Lipinski definition) is 1. The van der Waals surface area contributed by atoms with Gasteiger partial charge in [-0.25, -0.2) is 0 Å². The minimum absolute atomic E-state index is 0.442. The second kappa shape index (κ2) is 4.48. The van der Waals surface area contributed by atoms with Gasteiger partial charge < -0.3 is 5.32 Å². The summed E-state index contributed by atoms with van der Waals surface area (Å²) < 4.78 is 36.7. The van der Waals surface area contributed by atoms with Crippen LogP contribution in [0.4, 0.5) is 13.2 Å². The zero-order valence-corrected chi connectivity index (χ0v) is 9.55. The third kappa shape index (κ3) is 2.39. The molecule has 96 valence electrons. The van der Waals surface area contributed by atoms with E-state index in [4.69, 9.17) is 0 Å². The van der Waals surface area contributed by atoms with Gasteiger partial charge in [-0.05, 0) is 29.5 Å². The predicted octanol–water partition coefficient (Wildman–Crippen LogP) is 3.21. The number of halogens is 3. The molecule has 2 rings (SSSR count). The molecule has 1 amide bonds. The molecule has 0 radical (unpaired) electrons. The Balaban J connectivity index is 2.25. The van der Waals surface area contributed by atoms with Gasteiger partial charge in [-0.15, -0.1) is 0 Å². The van der Waals surface area contributed by atoms with Crippen molar-refractivity contribution in [2.75, 3.05) is 0 Å². The maximum Gasteiger partial charge on any atom is 0.471 e. The Morgan fingerprint density at radius 3 is 2.67 bits per heavy atom. The number of rotatable bonds is 1. The molecule has 1 aliphatic rings. The third-order valence-corrected chi connectivity index (χ3v) is 3.01. The van der Waals surface area contributed by atoms with Crippen LogP contribution in [0.15, 0.2) is 30.8 Å². The zero-order valence-electron chi connectivity index (χ0n) is 9.55. The normalized spacial score (nSPS) is 19.3. The van der Waals surface area contributed by atoms with Gasteiger partial charge in [0.1, 0.15) is 0 Å². The van der Waals surface area contributed by atoms with Crippen molar-refractivity contribution >= 4 is 11.5 Å². The first-order valence-corrected chi connectivity index (χ1v) is 5.54. The summed E-state index contributed by atoms with van der Waals surface area (Å²) in [5.74, 6) is -1.89. The lowest BCUT2D eigenvalue weighted by atomic mass is 9.85. The number of allylic oxidation sites excluding steroid dienone is 1. The largest absolute Gasteiger partial charge is 0.471 e. The Hall–Kier alpha value is -1.78. The summed E-state index contributed by atoms with van der Waals surface area (Å²) in [7, 11) is 0. The first-order chi connectivity index (χ1) is 8.39. The van der Waals surface area contributed by atoms with Gasteiger partial charge in [-0.1, -0.05) is 30.8 Å². The van der Waals surface area contributed by atoms with Crippen LogP contribution in [0.3, 0.4) is 0 Å². The van der Waals surface area contributed by atoms with Crippen molar-refractivity contribution < 1.29 is 18.0 Å². The lowest BCUT2D eigenvalue weighted by Crippen LogP contribution is -2.40. The van der Waals surface area contributed by atoms with Gasteiger partial charge >= 0.3 is 12.1 Å². The maximum atomic E-state index is 12.2. The van der Waals surface area contributed by atoms with Crippen molar-refractivity contribution in [2.24, 2.45) is 0 Å². The lowest BCUT2D eigenvalue weighted by Gasteiger charge is -2.28. The summed E-state index contributed by atoms with van der Waals surface area (Å²) in [6, 6.07) is 6.48. The first-order valence-electron chi connectivity index (χ1n) is 5.54. The van der Waals surface area contributed by atoms with Crippen LogP contribution in [0.2, 0.25) is 0 Å². The standard InChI is InChI=1S/C13H12F3NO/c1-8-6-7-11(17-12(18)13(14,15)16)10-5-3-2-4-9(8)10/h2-5,11H,1,6-7H2,(H,17,18)/t11-/m0/s1. The Bertz CT molecular complexity index is 493. The van der Waals surface area contributed by atoms with E-state index < -0.39 is 18.1 Å². The zero-order chi connectivity index (χ0) is 13.3. The van der Waals surface area contributed by atoms with Gasteiger partial charge in [0.15, 0.2) is 0 Å². The van der Waals surface area contributed by atoms with E-state index >= 15 is 0 Å². The van der Waals surface area contributed by atoms with Gasteiger partial charge in [0.05, 0.1) is 6.04 Å². The summed E-state index contributed by atoms with van der Waals surface area (Å²) >= 11 is 0. The molecule has 1 atom stereocenters. The van der Waals surface area contributed by atoms with Gasteiger partial charge in [0, 0.05) is 0 Å². The maximum absolute atomic E-state index is 12.2. The Labute approximate surface area is 102 Å². The van der Waals surface area contributed by atoms with Crippen LogP contribution in [-0.4, -0.2) is 12.1 Å². The summed E-state index contributed by atoms with van der Waals surface area (Å²) in [6.45, 7) is 3.88. The highest BCUT2D eigenvalue weighted by Gasteiger charge is 2.40. The van der Waals surface area contributed by atoms with Crippen molar-refractivity contribution in [2.45, 2.75) is 25.1 Å². The second-order valence-corrected chi connectivity index (χ2v) is 4.25. The third-order valence-electron chi connectivity index (χ3n) is 3.01. The minimum Gasteiger partial charge on any atom is -0.341 e. The number of benzene rings is 1. The molecule has 1 aromatic carbocycles. The molecule has 5 heteroatoms. The molecule has 0 aromatic heterocycles. The van der Waals surface area contributed by atoms with Gasteiger partial charge in [-0.2, -0.15) is 13.2 Å². The van der Waals surface area contributed by atoms with Gasteiger partial charge in [0.2, 0.25) is 0 Å². The molecule has 2 nitrogen and oxygen atoms in total. The highest BCUT2D eigenvalue weighted by Crippen LogP contribution is 2.36. The van der Waals surface area contributed by atoms with E-state index in [-0.39, 0.29) is 0 Å². The quantitative estimate of drug-likeness (QED) is 0.820. The topological polar surface area (TPSA) is 29.1 Å². The van der Waals surface area contributed by atoms with Crippen LogP contribution >= 0.6 is 0 Å². The Morgan fingerprint density at radius 2 is 2.00 bits per heavy atom. The van der Waals surface area contributed by atoms with E-state index in [0.29, 0.717) is 18.4 Å². The Morgan fingerprint density at radius 1 is 1.33 bits per heavy atom. The number of carbonyl (C=O) groups excluding carboxylic acids is 1. The van der Waals surface area contributed by atoms with Crippen molar-refractivity contribution in [3.63, 3.8) is 0 Å². The molecular formula is C13H12F3NO. The monoisotopic (exact) mass is 255 g/mol. The summed E-state index contributed by atoms with van der Waals surface area (Å²) in [5.41, 5.74) is 2.42. The fraction of sp³-hybridized carbons (Fsp3) is 0.308. The van der Waals surface area contributed by atoms with E-state index in [0.717, 1.165) is 11.1 Å². The molecule has 1 aromatic rings. The van der Waals surface area contributed by atoms with Crippen LogP contribution in [0.5, 0.6) is 0 Å². The Kier molecular flexibility index (Phi) is 3.15. The molecule has 0 unspecified atom stereocenters. The van der Waals surface area contributed by atoms with Crippen molar-refractivity contribution in [3.05, 3.63) is 42.0 Å². The molecule has 0 fully saturated rings. The van der Waals surface area contributed by atoms with E-state index in [2.05, 4.69) is 6.58 Å². The highest BCUT2D eigenvalue weighted by molar-refractivity contribution is 5.82. The van der Waals surface area contributed by atoms with Gasteiger partial charge in [0.25, 0.3) is 0 Å². The number of alkyl halides is 3. The number of nitrogens with one attached hydrogen (secondary N) is 1. The molecular weight excluding hydrogens is 243 g/mol. The molecule has 0 saturated heterocycles. The summed E-state index contributed by atoms with van der Waals surface area (Å²) in [4.78, 5) is 11.0. The van der Waals surface area contributed by atoms with E-state index in [1.807, 2.05) is 11.4 Å². The van der Waals surface area contributed by atoms with Gasteiger partial charge in [-0.3, -0.25) is 4.79 Å². The first kappa shape index (κ1) is 12.7. The molecule has 0 aliphatic heterocycles. The average molecular weight is 255 g/mol. The van der Waals surface area contributed by atoms with Crippen LogP contribution in [0.1, 0.15) is 30.0 Å². The van der Waals surface area contributed by atoms with Crippen molar-refractivity contribution in [1.82, 2.24) is 5.32 Å². The fourth-order valence-electron chi connectivity index (χ4n) is 2.12. The average Bonchev–Trinajstić information content (AvgIpc) is 2.32. The minimum atomic E-state index is -4.84. The van der Waals surface area contributed by atoms with E-state index in [1.165, 1.54) is 0 Å². The number of amides is 1. The van der Waals surface area contributed by atoms with E-state index in [1.54, 1.807) is 18.2 Å². The van der Waals surface area contributed by atoms with Crippen LogP contribution < -0.4 is 5.32 Å².